The van der Waals surface area contributed by atoms with Gasteiger partial charge in [-0.1, -0.05) is 17.7 Å². The monoisotopic (exact) mass is 466 g/mol. The number of aromatic nitrogens is 2. The molecule has 8 nitrogen and oxygen atoms in total. The largest absolute Gasteiger partial charge is 0.366 e. The van der Waals surface area contributed by atoms with Crippen LogP contribution in [-0.2, 0) is 6.54 Å². The quantitative estimate of drug-likeness (QED) is 0.418. The molecule has 0 aliphatic carbocycles. The second-order valence-electron chi connectivity index (χ2n) is 7.18. The summed E-state index contributed by atoms with van der Waals surface area (Å²) in [5.74, 6) is -1.94. The minimum atomic E-state index is -0.758. The maximum Gasteiger partial charge on any atom is 0.261 e. The van der Waals surface area contributed by atoms with Crippen molar-refractivity contribution in [1.82, 2.24) is 9.55 Å². The van der Waals surface area contributed by atoms with Gasteiger partial charge < -0.3 is 20.6 Å². The lowest BCUT2D eigenvalue weighted by Gasteiger charge is -2.15. The molecule has 0 spiro atoms. The Morgan fingerprint density at radius 1 is 1.06 bits per heavy atom. The summed E-state index contributed by atoms with van der Waals surface area (Å²) >= 11 is 6.15. The van der Waals surface area contributed by atoms with Crippen LogP contribution in [0.1, 0.15) is 26.3 Å². The van der Waals surface area contributed by atoms with E-state index < -0.39 is 28.6 Å². The molecule has 33 heavy (non-hydrogen) atoms. The van der Waals surface area contributed by atoms with Gasteiger partial charge in [-0.25, -0.2) is 4.39 Å². The van der Waals surface area contributed by atoms with Gasteiger partial charge in [0, 0.05) is 34.1 Å². The van der Waals surface area contributed by atoms with Crippen LogP contribution >= 0.6 is 11.6 Å². The Balaban J connectivity index is 1.80. The number of rotatable bonds is 5. The van der Waals surface area contributed by atoms with Gasteiger partial charge in [-0.05, 0) is 42.5 Å². The van der Waals surface area contributed by atoms with Crippen molar-refractivity contribution in [1.29, 1.82) is 0 Å². The van der Waals surface area contributed by atoms with E-state index in [4.69, 9.17) is 17.3 Å². The number of halogens is 2. The van der Waals surface area contributed by atoms with Crippen molar-refractivity contribution in [2.75, 3.05) is 5.32 Å². The van der Waals surface area contributed by atoms with E-state index in [0.717, 1.165) is 0 Å². The zero-order valence-corrected chi connectivity index (χ0v) is 17.7. The van der Waals surface area contributed by atoms with Crippen LogP contribution in [0.2, 0.25) is 5.02 Å². The molecule has 0 aliphatic heterocycles. The van der Waals surface area contributed by atoms with E-state index in [-0.39, 0.29) is 33.8 Å². The first kappa shape index (κ1) is 22.0. The van der Waals surface area contributed by atoms with Gasteiger partial charge in [-0.15, -0.1) is 0 Å². The minimum Gasteiger partial charge on any atom is -0.366 e. The first-order valence-corrected chi connectivity index (χ1v) is 10.0. The number of nitrogens with one attached hydrogen (secondary N) is 2. The fraction of sp³-hybridized carbons (Fsp3) is 0.0435. The molecule has 4 aromatic rings. The second kappa shape index (κ2) is 8.71. The number of hydrogen-bond donors (Lipinski definition) is 3. The van der Waals surface area contributed by atoms with Crippen molar-refractivity contribution in [3.05, 3.63) is 109 Å². The fourth-order valence-electron chi connectivity index (χ4n) is 3.36. The number of nitrogens with zero attached hydrogens (tertiary/aromatic N) is 1. The Kier molecular flexibility index (Phi) is 5.80. The Morgan fingerprint density at radius 3 is 2.45 bits per heavy atom. The van der Waals surface area contributed by atoms with Crippen LogP contribution in [0.5, 0.6) is 0 Å². The minimum absolute atomic E-state index is 0.0953. The topological polar surface area (TPSA) is 127 Å². The van der Waals surface area contributed by atoms with Gasteiger partial charge in [-0.3, -0.25) is 19.2 Å². The van der Waals surface area contributed by atoms with Crippen LogP contribution in [-0.4, -0.2) is 21.4 Å². The van der Waals surface area contributed by atoms with Crippen LogP contribution in [0.15, 0.2) is 70.4 Å². The first-order valence-electron chi connectivity index (χ1n) is 9.65. The molecule has 2 heterocycles. The molecule has 0 unspecified atom stereocenters. The van der Waals surface area contributed by atoms with Gasteiger partial charge in [0.25, 0.3) is 5.91 Å². The molecule has 0 bridgehead atoms. The van der Waals surface area contributed by atoms with Crippen LogP contribution < -0.4 is 22.0 Å². The molecule has 0 saturated carbocycles. The zero-order valence-electron chi connectivity index (χ0n) is 16.9. The highest BCUT2D eigenvalue weighted by Crippen LogP contribution is 2.22. The third-order valence-corrected chi connectivity index (χ3v) is 5.38. The summed E-state index contributed by atoms with van der Waals surface area (Å²) in [6.45, 7) is -0.0953. The average molecular weight is 467 g/mol. The standard InChI is InChI=1S/C23H16ClFN4O4/c24-16-2-1-3-17(25)14(16)10-29-11-15(21(31)20-18(29)8-9-19(30)28-20)23(33)27-13-6-4-12(5-7-13)22(26)32/h1-9,11H,10H2,(H2,26,32)(H,27,33)(H,28,30). The molecule has 0 saturated heterocycles. The molecule has 0 radical (unpaired) electrons. The zero-order chi connectivity index (χ0) is 23.7. The molecule has 0 atom stereocenters. The number of H-pyrrole nitrogens is 1. The van der Waals surface area contributed by atoms with Gasteiger partial charge >= 0.3 is 0 Å². The Bertz CT molecular complexity index is 1510. The SMILES string of the molecule is NC(=O)c1ccc(NC(=O)c2cn(Cc3c(F)cccc3Cl)c3ccc(=O)[nH]c3c2=O)cc1. The van der Waals surface area contributed by atoms with Crippen LogP contribution in [0.25, 0.3) is 11.0 Å². The predicted octanol–water partition coefficient (Wildman–Crippen LogP) is 2.88. The van der Waals surface area contributed by atoms with Gasteiger partial charge in [0.05, 0.1) is 12.1 Å². The van der Waals surface area contributed by atoms with Crippen molar-refractivity contribution in [2.45, 2.75) is 6.54 Å². The summed E-state index contributed by atoms with van der Waals surface area (Å²) in [6, 6.07) is 12.6. The van der Waals surface area contributed by atoms with E-state index in [2.05, 4.69) is 10.3 Å². The highest BCUT2D eigenvalue weighted by Gasteiger charge is 2.18. The first-order chi connectivity index (χ1) is 15.7. The number of benzene rings is 2. The number of anilines is 1. The number of amides is 2. The number of hydrogen-bond acceptors (Lipinski definition) is 4. The summed E-state index contributed by atoms with van der Waals surface area (Å²) < 4.78 is 15.8. The molecule has 2 amide bonds. The van der Waals surface area contributed by atoms with Crippen molar-refractivity contribution in [2.24, 2.45) is 5.73 Å². The summed E-state index contributed by atoms with van der Waals surface area (Å²) in [4.78, 5) is 51.4. The third kappa shape index (κ3) is 4.39. The third-order valence-electron chi connectivity index (χ3n) is 5.03. The van der Waals surface area contributed by atoms with E-state index in [1.165, 1.54) is 65.4 Å². The summed E-state index contributed by atoms with van der Waals surface area (Å²) in [5.41, 5.74) is 4.60. The maximum absolute atomic E-state index is 14.4. The van der Waals surface area contributed by atoms with E-state index in [1.54, 1.807) is 0 Å². The molecule has 166 valence electrons. The summed E-state index contributed by atoms with van der Waals surface area (Å²) in [6.07, 6.45) is 1.28. The molecule has 10 heteroatoms. The van der Waals surface area contributed by atoms with Crippen molar-refractivity contribution >= 4 is 40.1 Å². The Labute approximate surface area is 190 Å². The molecular weight excluding hydrogens is 451 g/mol. The fourth-order valence-corrected chi connectivity index (χ4v) is 3.58. The van der Waals surface area contributed by atoms with Crippen LogP contribution in [0.4, 0.5) is 10.1 Å². The number of nitrogens with two attached hydrogens (primary N) is 1. The number of carbonyl (C=O) groups is 2. The molecule has 0 fully saturated rings. The lowest BCUT2D eigenvalue weighted by molar-refractivity contribution is 0.0998. The highest BCUT2D eigenvalue weighted by atomic mass is 35.5. The molecule has 4 N–H and O–H groups in total. The molecular formula is C23H16ClFN4O4. The molecule has 4 rings (SSSR count). The normalized spacial score (nSPS) is 10.8. The van der Waals surface area contributed by atoms with E-state index in [1.807, 2.05) is 0 Å². The number of carbonyl (C=O) groups excluding carboxylic acids is 2. The van der Waals surface area contributed by atoms with E-state index in [9.17, 15) is 23.6 Å². The van der Waals surface area contributed by atoms with Gasteiger partial charge in [0.15, 0.2) is 0 Å². The van der Waals surface area contributed by atoms with Crippen LogP contribution in [0, 0.1) is 5.82 Å². The smallest absolute Gasteiger partial charge is 0.261 e. The molecule has 2 aromatic heterocycles. The van der Waals surface area contributed by atoms with Crippen molar-refractivity contribution in [3.8, 4) is 0 Å². The van der Waals surface area contributed by atoms with E-state index >= 15 is 0 Å². The summed E-state index contributed by atoms with van der Waals surface area (Å²) in [5, 5.41) is 2.73. The van der Waals surface area contributed by atoms with Crippen molar-refractivity contribution < 1.29 is 14.0 Å². The average Bonchev–Trinajstić information content (AvgIpc) is 2.78. The van der Waals surface area contributed by atoms with Crippen molar-refractivity contribution in [3.63, 3.8) is 0 Å². The number of pyridine rings is 2. The number of fused-ring (bicyclic) bond motifs is 1. The number of aromatic amines is 1. The summed E-state index contributed by atoms with van der Waals surface area (Å²) in [7, 11) is 0. The van der Waals surface area contributed by atoms with Gasteiger partial charge in [-0.2, -0.15) is 0 Å². The maximum atomic E-state index is 14.4. The highest BCUT2D eigenvalue weighted by molar-refractivity contribution is 6.31. The van der Waals surface area contributed by atoms with E-state index in [0.29, 0.717) is 11.2 Å². The molecule has 0 aliphatic rings. The second-order valence-corrected chi connectivity index (χ2v) is 7.59. The van der Waals surface area contributed by atoms with Gasteiger partial charge in [0.1, 0.15) is 16.9 Å². The Morgan fingerprint density at radius 2 is 1.79 bits per heavy atom. The lowest BCUT2D eigenvalue weighted by atomic mass is 10.1. The molecule has 2 aromatic carbocycles. The van der Waals surface area contributed by atoms with Gasteiger partial charge in [0.2, 0.25) is 16.9 Å². The lowest BCUT2D eigenvalue weighted by Crippen LogP contribution is -2.26. The Hall–Kier alpha value is -4.24. The van der Waals surface area contributed by atoms with Crippen LogP contribution in [0.3, 0.4) is 0 Å². The number of primary amides is 1. The predicted molar refractivity (Wildman–Crippen MR) is 122 cm³/mol.